The zero-order chi connectivity index (χ0) is 22.2. The Bertz CT molecular complexity index is 1330. The summed E-state index contributed by atoms with van der Waals surface area (Å²) in [6.07, 6.45) is 5.11. The lowest BCUT2D eigenvalue weighted by Crippen LogP contribution is -2.11. The number of benzene rings is 1. The number of amides is 1. The van der Waals surface area contributed by atoms with Gasteiger partial charge < -0.3 is 15.5 Å². The summed E-state index contributed by atoms with van der Waals surface area (Å²) in [5, 5.41) is 2.68. The van der Waals surface area contributed by atoms with Crippen LogP contribution >= 0.6 is 0 Å². The van der Waals surface area contributed by atoms with Crippen LogP contribution in [0.5, 0.6) is 0 Å². The SMILES string of the molecule is C#Cc1ccc(C(=O)Nc2cn3cc(-c4cnc(N)c(C(F)(F)F)c4)ccc3n2)cc1. The first-order valence-corrected chi connectivity index (χ1v) is 8.94. The van der Waals surface area contributed by atoms with Gasteiger partial charge in [0.2, 0.25) is 0 Å². The maximum Gasteiger partial charge on any atom is 0.419 e. The summed E-state index contributed by atoms with van der Waals surface area (Å²) in [7, 11) is 0. The van der Waals surface area contributed by atoms with Gasteiger partial charge in [-0.05, 0) is 42.5 Å². The van der Waals surface area contributed by atoms with Gasteiger partial charge in [-0.3, -0.25) is 4.79 Å². The second kappa shape index (κ2) is 7.50. The van der Waals surface area contributed by atoms with Gasteiger partial charge >= 0.3 is 6.18 Å². The molecule has 0 radical (unpaired) electrons. The van der Waals surface area contributed by atoms with E-state index in [1.165, 1.54) is 6.20 Å². The molecule has 0 atom stereocenters. The van der Waals surface area contributed by atoms with Crippen LogP contribution in [0.25, 0.3) is 16.8 Å². The van der Waals surface area contributed by atoms with Crippen molar-refractivity contribution >= 4 is 23.2 Å². The summed E-state index contributed by atoms with van der Waals surface area (Å²) in [4.78, 5) is 20.4. The average molecular weight is 421 g/mol. The molecule has 3 aromatic heterocycles. The number of nitrogen functional groups attached to an aromatic ring is 1. The first kappa shape index (κ1) is 20.0. The quantitative estimate of drug-likeness (QED) is 0.485. The normalized spacial score (nSPS) is 11.3. The summed E-state index contributed by atoms with van der Waals surface area (Å²) < 4.78 is 41.0. The van der Waals surface area contributed by atoms with Gasteiger partial charge in [-0.1, -0.05) is 5.92 Å². The number of nitrogens with two attached hydrogens (primary N) is 1. The van der Waals surface area contributed by atoms with Gasteiger partial charge in [-0.15, -0.1) is 6.42 Å². The first-order chi connectivity index (χ1) is 14.7. The first-order valence-electron chi connectivity index (χ1n) is 8.94. The summed E-state index contributed by atoms with van der Waals surface area (Å²) >= 11 is 0. The Morgan fingerprint density at radius 3 is 2.52 bits per heavy atom. The number of rotatable bonds is 3. The molecule has 0 saturated carbocycles. The maximum absolute atomic E-state index is 13.1. The number of hydrogen-bond donors (Lipinski definition) is 2. The lowest BCUT2D eigenvalue weighted by atomic mass is 10.1. The number of terminal acetylenes is 1. The van der Waals surface area contributed by atoms with Crippen molar-refractivity contribution in [1.82, 2.24) is 14.4 Å². The zero-order valence-corrected chi connectivity index (χ0v) is 15.8. The number of carbonyl (C=O) groups is 1. The van der Waals surface area contributed by atoms with Crippen LogP contribution in [-0.2, 0) is 6.18 Å². The molecule has 4 aromatic rings. The number of carbonyl (C=O) groups excluding carboxylic acids is 1. The van der Waals surface area contributed by atoms with Gasteiger partial charge in [0.15, 0.2) is 5.82 Å². The minimum atomic E-state index is -4.61. The number of halogens is 3. The van der Waals surface area contributed by atoms with Crippen LogP contribution in [0, 0.1) is 12.3 Å². The molecule has 31 heavy (non-hydrogen) atoms. The van der Waals surface area contributed by atoms with Crippen molar-refractivity contribution in [1.29, 1.82) is 0 Å². The lowest BCUT2D eigenvalue weighted by Gasteiger charge is -2.11. The van der Waals surface area contributed by atoms with Gasteiger partial charge in [0.1, 0.15) is 11.5 Å². The average Bonchev–Trinajstić information content (AvgIpc) is 3.14. The highest BCUT2D eigenvalue weighted by molar-refractivity contribution is 6.03. The minimum Gasteiger partial charge on any atom is -0.383 e. The summed E-state index contributed by atoms with van der Waals surface area (Å²) in [5.41, 5.74) is 6.65. The van der Waals surface area contributed by atoms with Crippen LogP contribution in [0.3, 0.4) is 0 Å². The van der Waals surface area contributed by atoms with Gasteiger partial charge in [0, 0.05) is 34.6 Å². The maximum atomic E-state index is 13.1. The molecule has 1 aromatic carbocycles. The standard InChI is InChI=1S/C22H14F3N5O/c1-2-13-3-5-14(6-4-13)21(31)29-18-12-30-11-15(7-8-19(30)28-18)16-9-17(22(23,24)25)20(26)27-10-16/h1,3-12H,(H2,26,27)(H,29,31). The van der Waals surface area contributed by atoms with Crippen LogP contribution < -0.4 is 11.1 Å². The van der Waals surface area contributed by atoms with Gasteiger partial charge in [0.25, 0.3) is 5.91 Å². The third-order valence-corrected chi connectivity index (χ3v) is 4.56. The summed E-state index contributed by atoms with van der Waals surface area (Å²) in [6.45, 7) is 0. The third-order valence-electron chi connectivity index (χ3n) is 4.56. The van der Waals surface area contributed by atoms with E-state index in [2.05, 4.69) is 21.2 Å². The van der Waals surface area contributed by atoms with E-state index in [1.807, 2.05) is 0 Å². The molecule has 0 aliphatic carbocycles. The van der Waals surface area contributed by atoms with E-state index in [9.17, 15) is 18.0 Å². The smallest absolute Gasteiger partial charge is 0.383 e. The lowest BCUT2D eigenvalue weighted by molar-refractivity contribution is -0.137. The van der Waals surface area contributed by atoms with Gasteiger partial charge in [-0.25, -0.2) is 9.97 Å². The number of anilines is 2. The minimum absolute atomic E-state index is 0.247. The number of nitrogens with zero attached hydrogens (tertiary/aromatic N) is 3. The van der Waals surface area contributed by atoms with Crippen molar-refractivity contribution < 1.29 is 18.0 Å². The van der Waals surface area contributed by atoms with E-state index >= 15 is 0 Å². The van der Waals surface area contributed by atoms with Crippen LogP contribution in [-0.4, -0.2) is 20.3 Å². The molecule has 0 bridgehead atoms. The van der Waals surface area contributed by atoms with Crippen LogP contribution in [0.15, 0.2) is 61.1 Å². The molecule has 1 amide bonds. The number of imidazole rings is 1. The van der Waals surface area contributed by atoms with Gasteiger partial charge in [-0.2, -0.15) is 13.2 Å². The van der Waals surface area contributed by atoms with E-state index in [1.54, 1.807) is 53.2 Å². The molecular weight excluding hydrogens is 407 g/mol. The third kappa shape index (κ3) is 4.04. The van der Waals surface area contributed by atoms with E-state index < -0.39 is 17.6 Å². The number of fused-ring (bicyclic) bond motifs is 1. The second-order valence-corrected chi connectivity index (χ2v) is 6.64. The Balaban J connectivity index is 1.61. The van der Waals surface area contributed by atoms with Crippen molar-refractivity contribution in [2.45, 2.75) is 6.18 Å². The van der Waals surface area contributed by atoms with E-state index in [-0.39, 0.29) is 17.3 Å². The summed E-state index contributed by atoms with van der Waals surface area (Å²) in [6, 6.07) is 10.7. The Kier molecular flexibility index (Phi) is 4.83. The number of alkyl halides is 3. The van der Waals surface area contributed by atoms with Crippen LogP contribution in [0.2, 0.25) is 0 Å². The molecule has 9 heteroatoms. The number of pyridine rings is 2. The highest BCUT2D eigenvalue weighted by Crippen LogP contribution is 2.35. The second-order valence-electron chi connectivity index (χ2n) is 6.64. The predicted octanol–water partition coefficient (Wildman–Crippen LogP) is 4.23. The fourth-order valence-corrected chi connectivity index (χ4v) is 2.99. The molecule has 3 N–H and O–H groups in total. The number of aromatic nitrogens is 3. The monoisotopic (exact) mass is 421 g/mol. The van der Waals surface area contributed by atoms with Crippen molar-refractivity contribution in [2.75, 3.05) is 11.1 Å². The molecular formula is C22H14F3N5O. The highest BCUT2D eigenvalue weighted by atomic mass is 19.4. The largest absolute Gasteiger partial charge is 0.419 e. The molecule has 6 nitrogen and oxygen atoms in total. The Labute approximate surface area is 174 Å². The highest BCUT2D eigenvalue weighted by Gasteiger charge is 2.34. The molecule has 0 aliphatic rings. The molecule has 0 spiro atoms. The molecule has 0 saturated heterocycles. The van der Waals surface area contributed by atoms with E-state index in [0.29, 0.717) is 22.3 Å². The van der Waals surface area contributed by atoms with Crippen molar-refractivity contribution in [2.24, 2.45) is 0 Å². The Morgan fingerprint density at radius 1 is 1.10 bits per heavy atom. The predicted molar refractivity (Wildman–Crippen MR) is 110 cm³/mol. The van der Waals surface area contributed by atoms with E-state index in [4.69, 9.17) is 12.2 Å². The molecule has 4 rings (SSSR count). The Hall–Kier alpha value is -4.32. The number of hydrogen-bond acceptors (Lipinski definition) is 4. The fourth-order valence-electron chi connectivity index (χ4n) is 2.99. The molecule has 0 unspecified atom stereocenters. The topological polar surface area (TPSA) is 85.3 Å². The van der Waals surface area contributed by atoms with Crippen LogP contribution in [0.1, 0.15) is 21.5 Å². The van der Waals surface area contributed by atoms with Crippen molar-refractivity contribution in [3.63, 3.8) is 0 Å². The van der Waals surface area contributed by atoms with Crippen molar-refractivity contribution in [3.05, 3.63) is 77.7 Å². The Morgan fingerprint density at radius 2 is 1.84 bits per heavy atom. The molecule has 3 heterocycles. The number of nitrogens with one attached hydrogen (secondary N) is 1. The molecule has 0 fully saturated rings. The van der Waals surface area contributed by atoms with Gasteiger partial charge in [0.05, 0.1) is 11.8 Å². The molecule has 0 aliphatic heterocycles. The van der Waals surface area contributed by atoms with Crippen molar-refractivity contribution in [3.8, 4) is 23.5 Å². The van der Waals surface area contributed by atoms with Crippen LogP contribution in [0.4, 0.5) is 24.8 Å². The fraction of sp³-hybridized carbons (Fsp3) is 0.0455. The molecule has 154 valence electrons. The van der Waals surface area contributed by atoms with E-state index in [0.717, 1.165) is 6.07 Å². The zero-order valence-electron chi connectivity index (χ0n) is 15.8. The summed E-state index contributed by atoms with van der Waals surface area (Å²) in [5.74, 6) is 1.81.